The molecule has 4 aromatic heterocycles. The molecule has 4 aliphatic heterocycles. The monoisotopic (exact) mass is 674 g/mol. The number of aromatic amines is 1. The van der Waals surface area contributed by atoms with Crippen LogP contribution in [-0.2, 0) is 36.7 Å². The summed E-state index contributed by atoms with van der Waals surface area (Å²) in [5, 5.41) is 20.7. The van der Waals surface area contributed by atoms with E-state index in [2.05, 4.69) is 39.0 Å². The number of nitrogens with two attached hydrogens (primary N) is 2. The Balaban J connectivity index is 0.000000145. The summed E-state index contributed by atoms with van der Waals surface area (Å²) in [7, 11) is -8.38. The predicted molar refractivity (Wildman–Crippen MR) is 143 cm³/mol. The fourth-order valence-corrected chi connectivity index (χ4v) is 7.25. The van der Waals surface area contributed by atoms with Crippen LogP contribution >= 0.6 is 15.6 Å². The maximum atomic E-state index is 11.8. The molecule has 4 aliphatic rings. The van der Waals surface area contributed by atoms with Crippen molar-refractivity contribution in [2.24, 2.45) is 0 Å². The molecule has 23 nitrogen and oxygen atoms in total. The molecule has 0 saturated carbocycles. The van der Waals surface area contributed by atoms with Gasteiger partial charge in [-0.1, -0.05) is 0 Å². The topological polar surface area (TPSA) is 330 Å². The highest BCUT2D eigenvalue weighted by Crippen LogP contribution is 2.53. The number of H-pyrrole nitrogens is 1. The van der Waals surface area contributed by atoms with E-state index in [-0.39, 0.29) is 36.1 Å². The molecular weight excluding hydrogens is 650 g/mol. The van der Waals surface area contributed by atoms with Gasteiger partial charge in [-0.05, 0) is 0 Å². The van der Waals surface area contributed by atoms with Gasteiger partial charge in [0, 0.05) is 0 Å². The minimum atomic E-state index is -4.22. The van der Waals surface area contributed by atoms with Crippen molar-refractivity contribution in [1.82, 2.24) is 39.0 Å². The zero-order valence-corrected chi connectivity index (χ0v) is 24.2. The first-order chi connectivity index (χ1) is 21.3. The van der Waals surface area contributed by atoms with Crippen molar-refractivity contribution in [2.75, 3.05) is 24.7 Å². The number of hydrogen-bond donors (Lipinski definition) is 7. The molecule has 45 heavy (non-hydrogen) atoms. The number of imidazole rings is 2. The molecule has 25 heteroatoms. The Morgan fingerprint density at radius 2 is 1.36 bits per heavy atom. The molecule has 0 radical (unpaired) electrons. The van der Waals surface area contributed by atoms with E-state index in [1.807, 2.05) is 0 Å². The third-order valence-corrected chi connectivity index (χ3v) is 9.29. The van der Waals surface area contributed by atoms with E-state index in [4.69, 9.17) is 30.0 Å². The molecule has 0 aromatic carbocycles. The second-order valence-electron chi connectivity index (χ2n) is 10.1. The Hall–Kier alpha value is -3.44. The van der Waals surface area contributed by atoms with E-state index in [0.717, 1.165) is 0 Å². The number of anilines is 2. The number of fused-ring (bicyclic) bond motifs is 4. The molecule has 8 heterocycles. The van der Waals surface area contributed by atoms with Crippen LogP contribution in [0, 0.1) is 0 Å². The largest absolute Gasteiger partial charge is 0.472 e. The van der Waals surface area contributed by atoms with E-state index in [9.17, 15) is 33.9 Å². The summed E-state index contributed by atoms with van der Waals surface area (Å²) < 4.78 is 56.1. The molecule has 0 amide bonds. The Bertz CT molecular complexity index is 1940. The van der Waals surface area contributed by atoms with Gasteiger partial charge in [-0.25, -0.2) is 29.1 Å². The zero-order chi connectivity index (χ0) is 31.8. The first kappa shape index (κ1) is 30.2. The number of rotatable bonds is 2. The molecule has 10 atom stereocenters. The molecule has 4 saturated heterocycles. The normalized spacial score (nSPS) is 37.7. The van der Waals surface area contributed by atoms with Gasteiger partial charge in [0.2, 0.25) is 5.95 Å². The average Bonchev–Trinajstić information content (AvgIpc) is 3.73. The Kier molecular flexibility index (Phi) is 7.27. The van der Waals surface area contributed by atoms with Gasteiger partial charge in [-0.2, -0.15) is 4.98 Å². The number of aliphatic hydroxyl groups excluding tert-OH is 2. The van der Waals surface area contributed by atoms with Crippen LogP contribution in [0.1, 0.15) is 12.5 Å². The number of aromatic nitrogens is 8. The Morgan fingerprint density at radius 1 is 0.822 bits per heavy atom. The lowest BCUT2D eigenvalue weighted by Gasteiger charge is -2.27. The highest BCUT2D eigenvalue weighted by Gasteiger charge is 2.54. The third-order valence-electron chi connectivity index (χ3n) is 7.32. The molecule has 2 unspecified atom stereocenters. The molecule has 0 bridgehead atoms. The van der Waals surface area contributed by atoms with Crippen LogP contribution in [0.25, 0.3) is 22.3 Å². The number of nitrogens with one attached hydrogen (secondary N) is 1. The molecule has 0 spiro atoms. The molecule has 4 aromatic rings. The van der Waals surface area contributed by atoms with Crippen molar-refractivity contribution in [3.8, 4) is 0 Å². The lowest BCUT2D eigenvalue weighted by atomic mass is 10.1. The maximum absolute atomic E-state index is 11.8. The molecule has 0 aliphatic carbocycles. The maximum Gasteiger partial charge on any atom is 0.472 e. The van der Waals surface area contributed by atoms with Gasteiger partial charge in [0.15, 0.2) is 35.1 Å². The highest BCUT2D eigenvalue weighted by molar-refractivity contribution is 7.47. The summed E-state index contributed by atoms with van der Waals surface area (Å²) in [6.45, 7) is -0.370. The predicted octanol–water partition coefficient (Wildman–Crippen LogP) is -2.34. The van der Waals surface area contributed by atoms with E-state index in [1.165, 1.54) is 28.1 Å². The van der Waals surface area contributed by atoms with Crippen LogP contribution in [0.5, 0.6) is 0 Å². The van der Waals surface area contributed by atoms with Gasteiger partial charge in [-0.15, -0.1) is 0 Å². The van der Waals surface area contributed by atoms with Crippen molar-refractivity contribution in [3.05, 3.63) is 29.3 Å². The van der Waals surface area contributed by atoms with Gasteiger partial charge in [0.05, 0.1) is 25.9 Å². The lowest BCUT2D eigenvalue weighted by molar-refractivity contribution is -0.0665. The van der Waals surface area contributed by atoms with Crippen LogP contribution in [0.3, 0.4) is 0 Å². The quantitative estimate of drug-likeness (QED) is 0.109. The second-order valence-corrected chi connectivity index (χ2v) is 13.0. The summed E-state index contributed by atoms with van der Waals surface area (Å²) in [5.74, 6) is 0.0849. The van der Waals surface area contributed by atoms with Crippen molar-refractivity contribution in [2.45, 2.75) is 49.1 Å². The van der Waals surface area contributed by atoms with E-state index in [0.29, 0.717) is 11.2 Å². The summed E-state index contributed by atoms with van der Waals surface area (Å²) in [5.41, 5.74) is 11.6. The minimum Gasteiger partial charge on any atom is -0.386 e. The molecule has 242 valence electrons. The summed E-state index contributed by atoms with van der Waals surface area (Å²) >= 11 is 0. The van der Waals surface area contributed by atoms with Crippen molar-refractivity contribution in [1.29, 1.82) is 0 Å². The van der Waals surface area contributed by atoms with Crippen molar-refractivity contribution < 1.29 is 56.7 Å². The van der Waals surface area contributed by atoms with Gasteiger partial charge in [0.1, 0.15) is 48.5 Å². The fraction of sp³-hybridized carbons (Fsp3) is 0.500. The number of ether oxygens (including phenoxy) is 2. The molecule has 9 N–H and O–H groups in total. The number of phosphoric ester groups is 2. The van der Waals surface area contributed by atoms with E-state index in [1.54, 1.807) is 0 Å². The summed E-state index contributed by atoms with van der Waals surface area (Å²) in [4.78, 5) is 52.7. The average molecular weight is 674 g/mol. The van der Waals surface area contributed by atoms with Gasteiger partial charge in [-0.3, -0.25) is 37.0 Å². The molecular formula is C20H24N10O13P2. The van der Waals surface area contributed by atoms with E-state index >= 15 is 0 Å². The van der Waals surface area contributed by atoms with E-state index < -0.39 is 70.3 Å². The van der Waals surface area contributed by atoms with Crippen LogP contribution < -0.4 is 17.0 Å². The highest BCUT2D eigenvalue weighted by atomic mass is 31.2. The van der Waals surface area contributed by atoms with Crippen molar-refractivity contribution in [3.63, 3.8) is 0 Å². The number of aliphatic hydroxyl groups is 2. The summed E-state index contributed by atoms with van der Waals surface area (Å²) in [6, 6.07) is 0. The van der Waals surface area contributed by atoms with Gasteiger partial charge in [0.25, 0.3) is 5.56 Å². The number of phosphoric acid groups is 2. The number of nitrogen functional groups attached to an aromatic ring is 2. The second kappa shape index (κ2) is 10.8. The van der Waals surface area contributed by atoms with Crippen molar-refractivity contribution >= 4 is 49.7 Å². The van der Waals surface area contributed by atoms with Gasteiger partial charge < -0.3 is 40.9 Å². The third kappa shape index (κ3) is 5.31. The van der Waals surface area contributed by atoms with Crippen LogP contribution in [0.15, 0.2) is 23.8 Å². The number of hydrogen-bond acceptors (Lipinski definition) is 18. The smallest absolute Gasteiger partial charge is 0.386 e. The van der Waals surface area contributed by atoms with Crippen LogP contribution in [0.2, 0.25) is 0 Å². The standard InChI is InChI=1S/C10H12N5O7P.C10H12N5O6P/c11-10-13-7-4(8(17)14-10)12-2-15(7)9-5(16)6-3(21-9)1-20-23(18,19)22-6;11-8-5-9(13-2-12-8)15(3-14-5)10-6(16)7-4(20-10)1-19-22(17,18)21-7/h2-3,5-6,9,16H,1H2,(H,18,19)(H3,11,13,14,17);2-4,6-7,10,16H,1H2,(H,17,18)(H2,11,12,13)/t3-,5-,6-,9-;4-,6-,7-,10-/m11/s1. The minimum absolute atomic E-state index is 0.0230. The van der Waals surface area contributed by atoms with Gasteiger partial charge >= 0.3 is 15.6 Å². The number of nitrogens with zero attached hydrogens (tertiary/aromatic N) is 7. The lowest BCUT2D eigenvalue weighted by Crippen LogP contribution is -2.39. The fourth-order valence-electron chi connectivity index (χ4n) is 5.32. The summed E-state index contributed by atoms with van der Waals surface area (Å²) in [6.07, 6.45) is -3.92. The Morgan fingerprint density at radius 3 is 1.93 bits per heavy atom. The molecule has 4 fully saturated rings. The SMILES string of the molecule is Nc1nc2c(ncn2[C@@H]2O[C@@H]3COP(=O)(O)O[C@H]3[C@H]2O)c(=O)[nH]1.Nc1ncnc2c1ncn2[C@@H]1O[C@@H]2COP(=O)(O)O[C@H]2[C@H]1O. The Labute approximate surface area is 248 Å². The zero-order valence-electron chi connectivity index (χ0n) is 22.4. The first-order valence-electron chi connectivity index (χ1n) is 13.0. The molecule has 8 rings (SSSR count). The van der Waals surface area contributed by atoms with Crippen LogP contribution in [-0.4, -0.2) is 109 Å². The first-order valence-corrected chi connectivity index (χ1v) is 15.9. The van der Waals surface area contributed by atoms with Crippen LogP contribution in [0.4, 0.5) is 11.8 Å².